The van der Waals surface area contributed by atoms with Gasteiger partial charge in [-0.3, -0.25) is 4.79 Å². The fourth-order valence-corrected chi connectivity index (χ4v) is 3.05. The predicted molar refractivity (Wildman–Crippen MR) is 76.7 cm³/mol. The van der Waals surface area contributed by atoms with Gasteiger partial charge in [0.05, 0.1) is 12.1 Å². The van der Waals surface area contributed by atoms with Crippen molar-refractivity contribution in [1.82, 2.24) is 10.6 Å². The maximum absolute atomic E-state index is 12.2. The highest BCUT2D eigenvalue weighted by molar-refractivity contribution is 7.99. The number of thioether (sulfide) groups is 1. The number of nitrogens with one attached hydrogen (secondary N) is 2. The van der Waals surface area contributed by atoms with Gasteiger partial charge >= 0.3 is 0 Å². The average molecular weight is 264 g/mol. The molecule has 0 aliphatic carbocycles. The Balaban J connectivity index is 1.95. The van der Waals surface area contributed by atoms with Crippen LogP contribution in [0.1, 0.15) is 24.9 Å². The lowest BCUT2D eigenvalue weighted by Crippen LogP contribution is -2.49. The molecular formula is C14H20N2OS. The van der Waals surface area contributed by atoms with Gasteiger partial charge in [0, 0.05) is 18.1 Å². The van der Waals surface area contributed by atoms with Crippen LogP contribution >= 0.6 is 11.8 Å². The SMILES string of the molecule is CCC(NC(=O)C1CSCCN1)c1ccccc1. The second-order valence-corrected chi connectivity index (χ2v) is 5.61. The molecule has 98 valence electrons. The van der Waals surface area contributed by atoms with E-state index in [-0.39, 0.29) is 18.0 Å². The molecule has 1 saturated heterocycles. The summed E-state index contributed by atoms with van der Waals surface area (Å²) in [6.45, 7) is 3.02. The summed E-state index contributed by atoms with van der Waals surface area (Å²) in [6, 6.07) is 10.2. The second-order valence-electron chi connectivity index (χ2n) is 4.46. The highest BCUT2D eigenvalue weighted by atomic mass is 32.2. The van der Waals surface area contributed by atoms with E-state index in [1.807, 2.05) is 30.0 Å². The first-order valence-corrected chi connectivity index (χ1v) is 7.63. The van der Waals surface area contributed by atoms with Gasteiger partial charge in [0.15, 0.2) is 0 Å². The Labute approximate surface area is 113 Å². The van der Waals surface area contributed by atoms with E-state index in [0.29, 0.717) is 0 Å². The van der Waals surface area contributed by atoms with Crippen LogP contribution in [-0.2, 0) is 4.79 Å². The van der Waals surface area contributed by atoms with Gasteiger partial charge in [0.2, 0.25) is 5.91 Å². The molecule has 1 aromatic carbocycles. The van der Waals surface area contributed by atoms with Crippen LogP contribution in [0.2, 0.25) is 0 Å². The summed E-state index contributed by atoms with van der Waals surface area (Å²) in [4.78, 5) is 12.2. The molecule has 18 heavy (non-hydrogen) atoms. The largest absolute Gasteiger partial charge is 0.348 e. The lowest BCUT2D eigenvalue weighted by molar-refractivity contribution is -0.123. The van der Waals surface area contributed by atoms with Crippen LogP contribution in [0.15, 0.2) is 30.3 Å². The van der Waals surface area contributed by atoms with E-state index in [0.717, 1.165) is 24.5 Å². The molecule has 0 bridgehead atoms. The normalized spacial score (nSPS) is 21.3. The molecule has 2 N–H and O–H groups in total. The fraction of sp³-hybridized carbons (Fsp3) is 0.500. The summed E-state index contributed by atoms with van der Waals surface area (Å²) < 4.78 is 0. The minimum atomic E-state index is -0.0403. The van der Waals surface area contributed by atoms with Crippen molar-refractivity contribution < 1.29 is 4.79 Å². The topological polar surface area (TPSA) is 41.1 Å². The summed E-state index contributed by atoms with van der Waals surface area (Å²) >= 11 is 1.84. The standard InChI is InChI=1S/C14H20N2OS/c1-2-12(11-6-4-3-5-7-11)16-14(17)13-10-18-9-8-15-13/h3-7,12-13,15H,2,8-10H2,1H3,(H,16,17). The summed E-state index contributed by atoms with van der Waals surface area (Å²) in [5.41, 5.74) is 1.18. The first-order chi connectivity index (χ1) is 8.81. The van der Waals surface area contributed by atoms with Crippen LogP contribution in [0.3, 0.4) is 0 Å². The molecular weight excluding hydrogens is 244 g/mol. The van der Waals surface area contributed by atoms with Crippen molar-refractivity contribution in [2.45, 2.75) is 25.4 Å². The Morgan fingerprint density at radius 1 is 1.50 bits per heavy atom. The molecule has 1 aliphatic rings. The van der Waals surface area contributed by atoms with Gasteiger partial charge in [0.1, 0.15) is 0 Å². The van der Waals surface area contributed by atoms with Crippen LogP contribution in [-0.4, -0.2) is 30.0 Å². The van der Waals surface area contributed by atoms with Gasteiger partial charge in [-0.15, -0.1) is 0 Å². The lowest BCUT2D eigenvalue weighted by Gasteiger charge is -2.25. The molecule has 1 heterocycles. The Morgan fingerprint density at radius 2 is 2.28 bits per heavy atom. The minimum absolute atomic E-state index is 0.0403. The number of carbonyl (C=O) groups excluding carboxylic acids is 1. The number of amides is 1. The van der Waals surface area contributed by atoms with Crippen molar-refractivity contribution >= 4 is 17.7 Å². The molecule has 1 fully saturated rings. The molecule has 2 atom stereocenters. The maximum atomic E-state index is 12.2. The van der Waals surface area contributed by atoms with Gasteiger partial charge < -0.3 is 10.6 Å². The Kier molecular flexibility index (Phi) is 5.08. The smallest absolute Gasteiger partial charge is 0.238 e. The second kappa shape index (κ2) is 6.81. The predicted octanol–water partition coefficient (Wildman–Crippen LogP) is 1.96. The zero-order valence-corrected chi connectivity index (χ0v) is 11.5. The van der Waals surface area contributed by atoms with E-state index in [4.69, 9.17) is 0 Å². The monoisotopic (exact) mass is 264 g/mol. The Morgan fingerprint density at radius 3 is 2.89 bits per heavy atom. The molecule has 2 unspecified atom stereocenters. The summed E-state index contributed by atoms with van der Waals surface area (Å²) in [5.74, 6) is 2.09. The zero-order chi connectivity index (χ0) is 12.8. The van der Waals surface area contributed by atoms with Crippen LogP contribution < -0.4 is 10.6 Å². The number of carbonyl (C=O) groups is 1. The first kappa shape index (κ1) is 13.4. The summed E-state index contributed by atoms with van der Waals surface area (Å²) in [7, 11) is 0. The van der Waals surface area contributed by atoms with Crippen LogP contribution in [0, 0.1) is 0 Å². The first-order valence-electron chi connectivity index (χ1n) is 6.47. The van der Waals surface area contributed by atoms with E-state index < -0.39 is 0 Å². The highest BCUT2D eigenvalue weighted by Crippen LogP contribution is 2.17. The van der Waals surface area contributed by atoms with Gasteiger partial charge in [-0.25, -0.2) is 0 Å². The third-order valence-corrected chi connectivity index (χ3v) is 4.23. The van der Waals surface area contributed by atoms with E-state index in [1.165, 1.54) is 5.56 Å². The van der Waals surface area contributed by atoms with Crippen molar-refractivity contribution in [2.75, 3.05) is 18.1 Å². The van der Waals surface area contributed by atoms with Crippen molar-refractivity contribution in [2.24, 2.45) is 0 Å². The van der Waals surface area contributed by atoms with Crippen molar-refractivity contribution in [3.63, 3.8) is 0 Å². The maximum Gasteiger partial charge on any atom is 0.238 e. The molecule has 0 saturated carbocycles. The van der Waals surface area contributed by atoms with Gasteiger partial charge in [-0.1, -0.05) is 37.3 Å². The van der Waals surface area contributed by atoms with Gasteiger partial charge in [-0.05, 0) is 12.0 Å². The summed E-state index contributed by atoms with van der Waals surface area (Å²) in [6.07, 6.45) is 0.912. The molecule has 3 nitrogen and oxygen atoms in total. The Bertz CT molecular complexity index is 377. The van der Waals surface area contributed by atoms with Crippen LogP contribution in [0.25, 0.3) is 0 Å². The van der Waals surface area contributed by atoms with Gasteiger partial charge in [-0.2, -0.15) is 11.8 Å². The molecule has 4 heteroatoms. The van der Waals surface area contributed by atoms with E-state index in [1.54, 1.807) is 0 Å². The van der Waals surface area contributed by atoms with Crippen LogP contribution in [0.4, 0.5) is 0 Å². The summed E-state index contributed by atoms with van der Waals surface area (Å²) in [5, 5.41) is 6.40. The van der Waals surface area contributed by atoms with Crippen LogP contribution in [0.5, 0.6) is 0 Å². The van der Waals surface area contributed by atoms with E-state index >= 15 is 0 Å². The third kappa shape index (κ3) is 3.50. The molecule has 2 rings (SSSR count). The van der Waals surface area contributed by atoms with E-state index in [2.05, 4.69) is 29.7 Å². The molecule has 1 amide bonds. The van der Waals surface area contributed by atoms with Crippen molar-refractivity contribution in [3.05, 3.63) is 35.9 Å². The average Bonchev–Trinajstić information content (AvgIpc) is 2.46. The van der Waals surface area contributed by atoms with Gasteiger partial charge in [0.25, 0.3) is 0 Å². The molecule has 0 radical (unpaired) electrons. The Hall–Kier alpha value is -1.00. The zero-order valence-electron chi connectivity index (χ0n) is 10.7. The quantitative estimate of drug-likeness (QED) is 0.873. The number of rotatable bonds is 4. The molecule has 1 aromatic rings. The number of benzene rings is 1. The number of hydrogen-bond donors (Lipinski definition) is 2. The van der Waals surface area contributed by atoms with Crippen molar-refractivity contribution in [3.8, 4) is 0 Å². The van der Waals surface area contributed by atoms with E-state index in [9.17, 15) is 4.79 Å². The fourth-order valence-electron chi connectivity index (χ4n) is 2.11. The lowest BCUT2D eigenvalue weighted by atomic mass is 10.0. The third-order valence-electron chi connectivity index (χ3n) is 3.16. The molecule has 0 aromatic heterocycles. The minimum Gasteiger partial charge on any atom is -0.348 e. The van der Waals surface area contributed by atoms with Crippen molar-refractivity contribution in [1.29, 1.82) is 0 Å². The highest BCUT2D eigenvalue weighted by Gasteiger charge is 2.23. The molecule has 0 spiro atoms. The molecule has 1 aliphatic heterocycles. The number of hydrogen-bond acceptors (Lipinski definition) is 3.